The first-order chi connectivity index (χ1) is 10.4. The molecule has 0 amide bonds. The van der Waals surface area contributed by atoms with Gasteiger partial charge >= 0.3 is 7.12 Å². The van der Waals surface area contributed by atoms with Crippen molar-refractivity contribution in [1.29, 1.82) is 0 Å². The molecule has 0 spiro atoms. The molecule has 128 valence electrons. The summed E-state index contributed by atoms with van der Waals surface area (Å²) in [7, 11) is -1.72. The van der Waals surface area contributed by atoms with Crippen LogP contribution in [0.5, 0.6) is 0 Å². The Hall–Kier alpha value is -0.685. The van der Waals surface area contributed by atoms with E-state index in [1.165, 1.54) is 0 Å². The number of hydrogen-bond acceptors (Lipinski definition) is 3. The lowest BCUT2D eigenvalue weighted by atomic mass is 9.75. The van der Waals surface area contributed by atoms with E-state index in [0.29, 0.717) is 0 Å². The second kappa shape index (κ2) is 6.32. The minimum Gasteiger partial charge on any atom is -0.402 e. The van der Waals surface area contributed by atoms with Gasteiger partial charge in [0.1, 0.15) is 0 Å². The predicted octanol–water partition coefficient (Wildman–Crippen LogP) is 3.41. The lowest BCUT2D eigenvalue weighted by Gasteiger charge is -2.32. The van der Waals surface area contributed by atoms with Crippen molar-refractivity contribution in [2.45, 2.75) is 70.4 Å². The molecule has 1 aromatic rings. The third kappa shape index (κ3) is 4.05. The maximum atomic E-state index is 12.6. The van der Waals surface area contributed by atoms with Crippen LogP contribution in [-0.4, -0.2) is 27.3 Å². The third-order valence-electron chi connectivity index (χ3n) is 4.49. The molecule has 0 aliphatic carbocycles. The van der Waals surface area contributed by atoms with Gasteiger partial charge in [0.15, 0.2) is 0 Å². The van der Waals surface area contributed by atoms with Gasteiger partial charge in [0.2, 0.25) is 0 Å². The molecule has 0 aromatic heterocycles. The molecule has 0 saturated carbocycles. The normalized spacial score (nSPS) is 22.8. The molecule has 1 unspecified atom stereocenters. The zero-order valence-corrected chi connectivity index (χ0v) is 16.0. The van der Waals surface area contributed by atoms with Gasteiger partial charge < -0.3 is 9.31 Å². The number of benzene rings is 1. The summed E-state index contributed by atoms with van der Waals surface area (Å²) in [6, 6.07) is 9.90. The summed E-state index contributed by atoms with van der Waals surface area (Å²) in [5, 5.41) is 0. The Balaban J connectivity index is 2.31. The maximum absolute atomic E-state index is 12.6. The van der Waals surface area contributed by atoms with Crippen LogP contribution in [0, 0.1) is 0 Å². The first-order valence-electron chi connectivity index (χ1n) is 8.03. The van der Waals surface area contributed by atoms with Gasteiger partial charge in [-0.25, -0.2) is 8.93 Å². The Morgan fingerprint density at radius 1 is 1.04 bits per heavy atom. The van der Waals surface area contributed by atoms with Crippen molar-refractivity contribution in [3.63, 3.8) is 0 Å². The molecule has 1 aromatic carbocycles. The van der Waals surface area contributed by atoms with Crippen LogP contribution in [0.15, 0.2) is 30.3 Å². The van der Waals surface area contributed by atoms with Gasteiger partial charge in [-0.3, -0.25) is 0 Å². The van der Waals surface area contributed by atoms with Crippen molar-refractivity contribution in [3.8, 4) is 0 Å². The van der Waals surface area contributed by atoms with Crippen LogP contribution in [0.1, 0.15) is 60.0 Å². The molecule has 2 rings (SSSR count). The molecule has 0 radical (unpaired) electrons. The summed E-state index contributed by atoms with van der Waals surface area (Å²) in [4.78, 5) is 0. The topological polar surface area (TPSA) is 47.6 Å². The molecule has 1 heterocycles. The van der Waals surface area contributed by atoms with Gasteiger partial charge in [-0.1, -0.05) is 30.3 Å². The van der Waals surface area contributed by atoms with Crippen LogP contribution in [0.2, 0.25) is 0 Å². The smallest absolute Gasteiger partial charge is 0.402 e. The second-order valence-electron chi connectivity index (χ2n) is 8.01. The number of rotatable bonds is 4. The largest absolute Gasteiger partial charge is 0.481 e. The van der Waals surface area contributed by atoms with Gasteiger partial charge in [0, 0.05) is 0 Å². The highest BCUT2D eigenvalue weighted by atomic mass is 32.2. The van der Waals surface area contributed by atoms with Crippen molar-refractivity contribution < 1.29 is 13.5 Å². The molecule has 0 bridgehead atoms. The standard InChI is InChI=1S/C17H28BNO3S/c1-15(2,3)23(20)19-14(13-11-9-8-10-12-13)18-21-16(4,5)17(6,7)22-18/h8-12,14,19H,1-7H3/t14-,23?/m0/s1. The summed E-state index contributed by atoms with van der Waals surface area (Å²) >= 11 is 0. The average molecular weight is 337 g/mol. The van der Waals surface area contributed by atoms with Gasteiger partial charge in [0.05, 0.1) is 32.9 Å². The molecule has 4 nitrogen and oxygen atoms in total. The highest BCUT2D eigenvalue weighted by molar-refractivity contribution is 7.84. The summed E-state index contributed by atoms with van der Waals surface area (Å²) < 4.78 is 27.8. The Morgan fingerprint density at radius 2 is 1.52 bits per heavy atom. The van der Waals surface area contributed by atoms with E-state index in [1.807, 2.05) is 78.8 Å². The fraction of sp³-hybridized carbons (Fsp3) is 0.647. The predicted molar refractivity (Wildman–Crippen MR) is 96.3 cm³/mol. The lowest BCUT2D eigenvalue weighted by molar-refractivity contribution is 0.00578. The zero-order valence-electron chi connectivity index (χ0n) is 15.2. The third-order valence-corrected chi connectivity index (χ3v) is 6.07. The quantitative estimate of drug-likeness (QED) is 0.857. The molecule has 23 heavy (non-hydrogen) atoms. The highest BCUT2D eigenvalue weighted by Crippen LogP contribution is 2.40. The highest BCUT2D eigenvalue weighted by Gasteiger charge is 2.54. The van der Waals surface area contributed by atoms with Crippen molar-refractivity contribution in [2.24, 2.45) is 0 Å². The van der Waals surface area contributed by atoms with E-state index in [9.17, 15) is 4.21 Å². The van der Waals surface area contributed by atoms with Crippen molar-refractivity contribution >= 4 is 18.1 Å². The minimum absolute atomic E-state index is 0.294. The van der Waals surface area contributed by atoms with Crippen LogP contribution < -0.4 is 4.72 Å². The fourth-order valence-electron chi connectivity index (χ4n) is 2.26. The second-order valence-corrected chi connectivity index (χ2v) is 10.0. The summed E-state index contributed by atoms with van der Waals surface area (Å²) in [6.07, 6.45) is 0. The Bertz CT molecular complexity index is 553. The van der Waals surface area contributed by atoms with Crippen LogP contribution in [0.4, 0.5) is 0 Å². The zero-order chi connectivity index (χ0) is 17.5. The average Bonchev–Trinajstić information content (AvgIpc) is 2.64. The SMILES string of the molecule is CC(C)(C)S(=O)N[C@H](B1OC(C)(C)C(C)(C)O1)c1ccccc1. The molecule has 2 atom stereocenters. The Morgan fingerprint density at radius 3 is 1.96 bits per heavy atom. The number of hydrogen-bond donors (Lipinski definition) is 1. The van der Waals surface area contributed by atoms with Crippen LogP contribution in [0.3, 0.4) is 0 Å². The molecular weight excluding hydrogens is 309 g/mol. The van der Waals surface area contributed by atoms with Crippen LogP contribution in [-0.2, 0) is 20.3 Å². The van der Waals surface area contributed by atoms with Gasteiger partial charge in [0.25, 0.3) is 0 Å². The van der Waals surface area contributed by atoms with E-state index in [1.54, 1.807) is 0 Å². The summed E-state index contributed by atoms with van der Waals surface area (Å²) in [6.45, 7) is 13.9. The first kappa shape index (κ1) is 18.7. The summed E-state index contributed by atoms with van der Waals surface area (Å²) in [5.41, 5.74) is 0.161. The van der Waals surface area contributed by atoms with Crippen molar-refractivity contribution in [1.82, 2.24) is 4.72 Å². The minimum atomic E-state index is -1.22. The molecule has 1 aliphatic rings. The van der Waals surface area contributed by atoms with Crippen molar-refractivity contribution in [2.75, 3.05) is 0 Å². The van der Waals surface area contributed by atoms with Gasteiger partial charge in [-0.05, 0) is 54.0 Å². The van der Waals surface area contributed by atoms with E-state index in [-0.39, 0.29) is 10.7 Å². The van der Waals surface area contributed by atoms with Crippen LogP contribution in [0.25, 0.3) is 0 Å². The Labute approximate surface area is 143 Å². The molecule has 1 aliphatic heterocycles. The van der Waals surface area contributed by atoms with Crippen LogP contribution >= 0.6 is 0 Å². The summed E-state index contributed by atoms with van der Waals surface area (Å²) in [5.74, 6) is -0.294. The monoisotopic (exact) mass is 337 g/mol. The van der Waals surface area contributed by atoms with E-state index < -0.39 is 29.3 Å². The van der Waals surface area contributed by atoms with E-state index in [2.05, 4.69) is 4.72 Å². The van der Waals surface area contributed by atoms with Crippen molar-refractivity contribution in [3.05, 3.63) is 35.9 Å². The molecular formula is C17H28BNO3S. The molecule has 1 saturated heterocycles. The van der Waals surface area contributed by atoms with E-state index >= 15 is 0 Å². The van der Waals surface area contributed by atoms with E-state index in [0.717, 1.165) is 5.56 Å². The first-order valence-corrected chi connectivity index (χ1v) is 9.18. The lowest BCUT2D eigenvalue weighted by Crippen LogP contribution is -2.43. The fourth-order valence-corrected chi connectivity index (χ4v) is 3.09. The molecule has 1 N–H and O–H groups in total. The molecule has 6 heteroatoms. The Kier molecular flexibility index (Phi) is 5.12. The van der Waals surface area contributed by atoms with E-state index in [4.69, 9.17) is 9.31 Å². The van der Waals surface area contributed by atoms with Gasteiger partial charge in [-0.2, -0.15) is 0 Å². The van der Waals surface area contributed by atoms with Gasteiger partial charge in [-0.15, -0.1) is 0 Å². The number of nitrogens with one attached hydrogen (secondary N) is 1. The molecule has 1 fully saturated rings. The maximum Gasteiger partial charge on any atom is 0.481 e.